The molecule has 0 radical (unpaired) electrons. The first-order chi connectivity index (χ1) is 6.10. The van der Waals surface area contributed by atoms with Gasteiger partial charge in [-0.05, 0) is 25.6 Å². The highest BCUT2D eigenvalue weighted by Crippen LogP contribution is 2.41. The Hall–Kier alpha value is -0.430. The Balaban J connectivity index is 4.53. The number of methoxy groups -OCH3 is 1. The second-order valence-electron chi connectivity index (χ2n) is 3.15. The van der Waals surface area contributed by atoms with E-state index in [1.54, 1.807) is 0 Å². The van der Waals surface area contributed by atoms with Gasteiger partial charge in [0, 0.05) is 4.75 Å². The quantitative estimate of drug-likeness (QED) is 0.748. The minimum Gasteiger partial charge on any atom is -0.468 e. The first-order valence-electron chi connectivity index (χ1n) is 3.70. The van der Waals surface area contributed by atoms with Crippen LogP contribution in [-0.2, 0) is 9.53 Å². The number of ether oxygens (including phenoxy) is 1. The second-order valence-corrected chi connectivity index (χ2v) is 4.87. The molecule has 0 aromatic rings. The van der Waals surface area contributed by atoms with E-state index in [4.69, 9.17) is 5.73 Å². The second kappa shape index (κ2) is 4.39. The highest BCUT2D eigenvalue weighted by atomic mass is 32.2. The van der Waals surface area contributed by atoms with E-state index in [-0.39, 0.29) is 11.8 Å². The summed E-state index contributed by atoms with van der Waals surface area (Å²) >= 11 is -0.315. The average molecular weight is 231 g/mol. The molecule has 0 heterocycles. The van der Waals surface area contributed by atoms with Gasteiger partial charge in [-0.15, -0.1) is 0 Å². The lowest BCUT2D eigenvalue weighted by Gasteiger charge is -2.29. The lowest BCUT2D eigenvalue weighted by molar-refractivity contribution is -0.142. The van der Waals surface area contributed by atoms with Crippen molar-refractivity contribution in [3.63, 3.8) is 0 Å². The lowest BCUT2D eigenvalue weighted by Crippen LogP contribution is -2.48. The average Bonchev–Trinajstić information content (AvgIpc) is 1.97. The van der Waals surface area contributed by atoms with Crippen LogP contribution in [0.1, 0.15) is 13.8 Å². The standard InChI is InChI=1S/C7H12F3NO2S/c1-6(2,14-7(8,9)10)4(11)5(12)13-3/h4H,11H2,1-3H3/t4-/m1/s1. The summed E-state index contributed by atoms with van der Waals surface area (Å²) in [7, 11) is 1.08. The maximum absolute atomic E-state index is 12.0. The summed E-state index contributed by atoms with van der Waals surface area (Å²) in [5.41, 5.74) is 0.896. The fraction of sp³-hybridized carbons (Fsp3) is 0.857. The van der Waals surface area contributed by atoms with Crippen LogP contribution < -0.4 is 5.73 Å². The van der Waals surface area contributed by atoms with E-state index in [1.807, 2.05) is 0 Å². The molecule has 0 spiro atoms. The summed E-state index contributed by atoms with van der Waals surface area (Å²) in [5.74, 6) is -0.855. The molecular formula is C7H12F3NO2S. The zero-order valence-corrected chi connectivity index (χ0v) is 8.83. The first-order valence-corrected chi connectivity index (χ1v) is 4.52. The summed E-state index contributed by atoms with van der Waals surface area (Å²) in [5, 5.41) is 0. The highest BCUT2D eigenvalue weighted by Gasteiger charge is 2.43. The maximum atomic E-state index is 12.0. The van der Waals surface area contributed by atoms with Gasteiger partial charge in [0.15, 0.2) is 0 Å². The Morgan fingerprint density at radius 2 is 1.86 bits per heavy atom. The van der Waals surface area contributed by atoms with Crippen molar-refractivity contribution in [3.05, 3.63) is 0 Å². The van der Waals surface area contributed by atoms with E-state index in [2.05, 4.69) is 4.74 Å². The van der Waals surface area contributed by atoms with Gasteiger partial charge in [0.25, 0.3) is 0 Å². The van der Waals surface area contributed by atoms with Crippen LogP contribution in [-0.4, -0.2) is 29.4 Å². The summed E-state index contributed by atoms with van der Waals surface area (Å²) in [6, 6.07) is -1.31. The maximum Gasteiger partial charge on any atom is 0.442 e. The van der Waals surface area contributed by atoms with Crippen LogP contribution in [0.2, 0.25) is 0 Å². The molecule has 0 saturated carbocycles. The van der Waals surface area contributed by atoms with E-state index in [0.717, 1.165) is 7.11 Å². The van der Waals surface area contributed by atoms with Crippen molar-refractivity contribution in [2.45, 2.75) is 30.1 Å². The number of hydrogen-bond donors (Lipinski definition) is 1. The topological polar surface area (TPSA) is 52.3 Å². The Labute approximate surface area is 84.2 Å². The van der Waals surface area contributed by atoms with Crippen LogP contribution in [0.3, 0.4) is 0 Å². The number of alkyl halides is 3. The fourth-order valence-electron chi connectivity index (χ4n) is 0.773. The van der Waals surface area contributed by atoms with Crippen molar-refractivity contribution >= 4 is 17.7 Å². The summed E-state index contributed by atoms with van der Waals surface area (Å²) in [6.45, 7) is 2.49. The van der Waals surface area contributed by atoms with Gasteiger partial charge in [-0.2, -0.15) is 13.2 Å². The molecule has 0 aromatic heterocycles. The van der Waals surface area contributed by atoms with Crippen LogP contribution in [0.25, 0.3) is 0 Å². The van der Waals surface area contributed by atoms with Gasteiger partial charge in [-0.3, -0.25) is 4.79 Å². The van der Waals surface area contributed by atoms with Crippen LogP contribution >= 0.6 is 11.8 Å². The summed E-state index contributed by atoms with van der Waals surface area (Å²) < 4.78 is 38.9. The lowest BCUT2D eigenvalue weighted by atomic mass is 10.1. The Bertz CT molecular complexity index is 217. The normalized spacial score (nSPS) is 15.1. The van der Waals surface area contributed by atoms with Crippen molar-refractivity contribution in [1.29, 1.82) is 0 Å². The molecule has 7 heteroatoms. The van der Waals surface area contributed by atoms with Gasteiger partial charge in [0.1, 0.15) is 6.04 Å². The molecule has 3 nitrogen and oxygen atoms in total. The number of thioether (sulfide) groups is 1. The molecule has 2 N–H and O–H groups in total. The third-order valence-electron chi connectivity index (χ3n) is 1.58. The van der Waals surface area contributed by atoms with Gasteiger partial charge in [-0.25, -0.2) is 0 Å². The summed E-state index contributed by atoms with van der Waals surface area (Å²) in [6.07, 6.45) is 0. The molecule has 0 aliphatic heterocycles. The number of halogens is 3. The largest absolute Gasteiger partial charge is 0.468 e. The predicted octanol–water partition coefficient (Wildman–Crippen LogP) is 1.52. The number of hydrogen-bond acceptors (Lipinski definition) is 4. The van der Waals surface area contributed by atoms with Crippen molar-refractivity contribution in [3.8, 4) is 0 Å². The van der Waals surface area contributed by atoms with Gasteiger partial charge >= 0.3 is 11.5 Å². The van der Waals surface area contributed by atoms with Gasteiger partial charge in [0.2, 0.25) is 0 Å². The third-order valence-corrected chi connectivity index (χ3v) is 2.59. The molecule has 1 atom stereocenters. The molecule has 0 bridgehead atoms. The van der Waals surface area contributed by atoms with E-state index in [0.29, 0.717) is 0 Å². The van der Waals surface area contributed by atoms with Crippen LogP contribution in [0.15, 0.2) is 0 Å². The molecule has 0 aromatic carbocycles. The minimum atomic E-state index is -4.42. The Kier molecular flexibility index (Phi) is 4.26. The van der Waals surface area contributed by atoms with Crippen molar-refractivity contribution in [1.82, 2.24) is 0 Å². The first kappa shape index (κ1) is 13.6. The fourth-order valence-corrected chi connectivity index (χ4v) is 1.59. The van der Waals surface area contributed by atoms with Gasteiger partial charge in [0.05, 0.1) is 7.11 Å². The number of carbonyl (C=O) groups excluding carboxylic acids is 1. The van der Waals surface area contributed by atoms with Crippen LogP contribution in [0.5, 0.6) is 0 Å². The smallest absolute Gasteiger partial charge is 0.442 e. The molecule has 0 saturated heterocycles. The highest BCUT2D eigenvalue weighted by molar-refractivity contribution is 8.01. The van der Waals surface area contributed by atoms with E-state index < -0.39 is 22.3 Å². The molecule has 84 valence electrons. The van der Waals surface area contributed by atoms with E-state index >= 15 is 0 Å². The van der Waals surface area contributed by atoms with Crippen molar-refractivity contribution in [2.75, 3.05) is 7.11 Å². The zero-order chi connectivity index (χ0) is 11.6. The minimum absolute atomic E-state index is 0.315. The van der Waals surface area contributed by atoms with Crippen LogP contribution in [0.4, 0.5) is 13.2 Å². The molecule has 0 aliphatic rings. The van der Waals surface area contributed by atoms with Gasteiger partial charge in [-0.1, -0.05) is 0 Å². The van der Waals surface area contributed by atoms with Gasteiger partial charge < -0.3 is 10.5 Å². The Morgan fingerprint density at radius 3 is 2.14 bits per heavy atom. The Morgan fingerprint density at radius 1 is 1.43 bits per heavy atom. The van der Waals surface area contributed by atoms with E-state index in [1.165, 1.54) is 13.8 Å². The van der Waals surface area contributed by atoms with Crippen molar-refractivity contribution in [2.24, 2.45) is 5.73 Å². The van der Waals surface area contributed by atoms with E-state index in [9.17, 15) is 18.0 Å². The summed E-state index contributed by atoms with van der Waals surface area (Å²) in [4.78, 5) is 10.9. The number of nitrogens with two attached hydrogens (primary N) is 1. The number of rotatable bonds is 3. The third kappa shape index (κ3) is 4.19. The molecule has 0 aliphatic carbocycles. The molecule has 0 rings (SSSR count). The molecular weight excluding hydrogens is 219 g/mol. The molecule has 14 heavy (non-hydrogen) atoms. The molecule has 0 unspecified atom stereocenters. The predicted molar refractivity (Wildman–Crippen MR) is 47.7 cm³/mol. The van der Waals surface area contributed by atoms with Crippen LogP contribution in [0, 0.1) is 0 Å². The monoisotopic (exact) mass is 231 g/mol. The molecule has 0 fully saturated rings. The van der Waals surface area contributed by atoms with Crippen molar-refractivity contribution < 1.29 is 22.7 Å². The molecule has 0 amide bonds. The number of carbonyl (C=O) groups is 1. The number of esters is 1. The zero-order valence-electron chi connectivity index (χ0n) is 8.01. The SMILES string of the molecule is COC(=O)[C@@H](N)C(C)(C)SC(F)(F)F.